The van der Waals surface area contributed by atoms with E-state index in [1.165, 1.54) is 12.4 Å². The van der Waals surface area contributed by atoms with Crippen LogP contribution in [-0.4, -0.2) is 47.9 Å². The first kappa shape index (κ1) is 22.5. The highest BCUT2D eigenvalue weighted by molar-refractivity contribution is 7.92. The predicted molar refractivity (Wildman–Crippen MR) is 118 cm³/mol. The molecule has 1 saturated heterocycles. The topological polar surface area (TPSA) is 147 Å². The Hall–Kier alpha value is -3.21. The van der Waals surface area contributed by atoms with Crippen LogP contribution in [0.5, 0.6) is 0 Å². The summed E-state index contributed by atoms with van der Waals surface area (Å²) in [5.41, 5.74) is 7.52. The molecule has 2 aromatic rings. The van der Waals surface area contributed by atoms with Gasteiger partial charge in [0.1, 0.15) is 11.6 Å². The Morgan fingerprint density at radius 3 is 2.55 bits per heavy atom. The SMILES string of the molecule is Cc1cc(NC(=O)C(=O)N2CC(C)CCC2c2ccc(NS(C)(=O)=O)nc2)cnc1N. The zero-order valence-corrected chi connectivity index (χ0v) is 18.4. The average molecular weight is 447 g/mol. The van der Waals surface area contributed by atoms with Crippen molar-refractivity contribution in [2.24, 2.45) is 5.92 Å². The lowest BCUT2D eigenvalue weighted by Crippen LogP contribution is -2.46. The van der Waals surface area contributed by atoms with E-state index in [-0.39, 0.29) is 17.8 Å². The molecule has 10 nitrogen and oxygen atoms in total. The molecule has 31 heavy (non-hydrogen) atoms. The molecular weight excluding hydrogens is 420 g/mol. The van der Waals surface area contributed by atoms with Gasteiger partial charge in [0.05, 0.1) is 24.2 Å². The normalized spacial score (nSPS) is 19.0. The van der Waals surface area contributed by atoms with Crippen LogP contribution in [0, 0.1) is 12.8 Å². The van der Waals surface area contributed by atoms with Crippen molar-refractivity contribution in [3.8, 4) is 0 Å². The minimum absolute atomic E-state index is 0.192. The van der Waals surface area contributed by atoms with E-state index in [2.05, 4.69) is 20.0 Å². The Labute approximate surface area is 181 Å². The summed E-state index contributed by atoms with van der Waals surface area (Å²) in [5.74, 6) is -0.613. The molecule has 2 unspecified atom stereocenters. The molecule has 166 valence electrons. The molecule has 0 aromatic carbocycles. The largest absolute Gasteiger partial charge is 0.383 e. The number of rotatable bonds is 4. The van der Waals surface area contributed by atoms with E-state index in [0.717, 1.165) is 18.2 Å². The lowest BCUT2D eigenvalue weighted by Gasteiger charge is -2.38. The summed E-state index contributed by atoms with van der Waals surface area (Å²) < 4.78 is 25.0. The summed E-state index contributed by atoms with van der Waals surface area (Å²) in [5, 5.41) is 2.59. The van der Waals surface area contributed by atoms with Gasteiger partial charge in [0.15, 0.2) is 0 Å². The number of nitrogens with two attached hydrogens (primary N) is 1. The molecule has 2 aromatic heterocycles. The molecule has 2 amide bonds. The van der Waals surface area contributed by atoms with Gasteiger partial charge in [0.2, 0.25) is 10.0 Å². The minimum atomic E-state index is -3.44. The molecule has 4 N–H and O–H groups in total. The van der Waals surface area contributed by atoms with Crippen molar-refractivity contribution in [2.45, 2.75) is 32.7 Å². The molecule has 0 radical (unpaired) electrons. The molecule has 1 aliphatic rings. The highest BCUT2D eigenvalue weighted by atomic mass is 32.2. The van der Waals surface area contributed by atoms with E-state index in [4.69, 9.17) is 5.73 Å². The predicted octanol–water partition coefficient (Wildman–Crippen LogP) is 1.68. The van der Waals surface area contributed by atoms with Crippen LogP contribution < -0.4 is 15.8 Å². The van der Waals surface area contributed by atoms with Gasteiger partial charge in [-0.3, -0.25) is 14.3 Å². The number of nitrogens with one attached hydrogen (secondary N) is 2. The van der Waals surface area contributed by atoms with Crippen molar-refractivity contribution < 1.29 is 18.0 Å². The Balaban J connectivity index is 1.78. The van der Waals surface area contributed by atoms with Gasteiger partial charge in [-0.15, -0.1) is 0 Å². The van der Waals surface area contributed by atoms with Gasteiger partial charge >= 0.3 is 11.8 Å². The number of amides is 2. The van der Waals surface area contributed by atoms with Gasteiger partial charge in [0, 0.05) is 12.7 Å². The highest BCUT2D eigenvalue weighted by Gasteiger charge is 2.34. The van der Waals surface area contributed by atoms with E-state index >= 15 is 0 Å². The quantitative estimate of drug-likeness (QED) is 0.605. The molecular formula is C20H26N6O4S. The monoisotopic (exact) mass is 446 g/mol. The molecule has 2 atom stereocenters. The second-order valence-electron chi connectivity index (χ2n) is 7.89. The number of aryl methyl sites for hydroxylation is 1. The number of anilines is 3. The number of likely N-dealkylation sites (tertiary alicyclic amines) is 1. The summed E-state index contributed by atoms with van der Waals surface area (Å²) >= 11 is 0. The number of carbonyl (C=O) groups excluding carboxylic acids is 2. The van der Waals surface area contributed by atoms with Gasteiger partial charge in [-0.25, -0.2) is 18.4 Å². The Morgan fingerprint density at radius 2 is 1.94 bits per heavy atom. The lowest BCUT2D eigenvalue weighted by molar-refractivity contribution is -0.146. The number of pyridine rings is 2. The minimum Gasteiger partial charge on any atom is -0.383 e. The van der Waals surface area contributed by atoms with Crippen LogP contribution in [0.3, 0.4) is 0 Å². The molecule has 0 aliphatic carbocycles. The fourth-order valence-corrected chi connectivity index (χ4v) is 4.05. The van der Waals surface area contributed by atoms with Gasteiger partial charge in [-0.2, -0.15) is 0 Å². The van der Waals surface area contributed by atoms with Crippen LogP contribution >= 0.6 is 0 Å². The maximum absolute atomic E-state index is 13.0. The number of sulfonamides is 1. The van der Waals surface area contributed by atoms with Gasteiger partial charge in [0.25, 0.3) is 0 Å². The van der Waals surface area contributed by atoms with E-state index in [0.29, 0.717) is 30.0 Å². The van der Waals surface area contributed by atoms with E-state index in [9.17, 15) is 18.0 Å². The maximum atomic E-state index is 13.0. The van der Waals surface area contributed by atoms with Gasteiger partial charge in [-0.05, 0) is 48.9 Å². The van der Waals surface area contributed by atoms with Crippen LogP contribution in [0.25, 0.3) is 0 Å². The van der Waals surface area contributed by atoms with Crippen molar-refractivity contribution >= 4 is 39.2 Å². The summed E-state index contributed by atoms with van der Waals surface area (Å²) in [6.45, 7) is 4.22. The van der Waals surface area contributed by atoms with Crippen LogP contribution in [0.2, 0.25) is 0 Å². The first-order chi connectivity index (χ1) is 14.5. The van der Waals surface area contributed by atoms with Crippen molar-refractivity contribution in [3.05, 3.63) is 41.7 Å². The number of piperidine rings is 1. The molecule has 11 heteroatoms. The second-order valence-corrected chi connectivity index (χ2v) is 9.64. The average Bonchev–Trinajstić information content (AvgIpc) is 2.69. The number of carbonyl (C=O) groups is 2. The molecule has 3 rings (SSSR count). The standard InChI is InChI=1S/C20H26N6O4S/c1-12-4-6-16(14-5-7-17(22-9-14)25-31(3,29)30)26(11-12)20(28)19(27)24-15-8-13(2)18(21)23-10-15/h5,7-10,12,16H,4,6,11H2,1-3H3,(H2,21,23)(H,22,25)(H,24,27). The molecule has 0 spiro atoms. The van der Waals surface area contributed by atoms with Crippen molar-refractivity contribution in [1.82, 2.24) is 14.9 Å². The Morgan fingerprint density at radius 1 is 1.19 bits per heavy atom. The number of nitrogens with zero attached hydrogens (tertiary/aromatic N) is 3. The van der Waals surface area contributed by atoms with Crippen LogP contribution in [0.4, 0.5) is 17.3 Å². The maximum Gasteiger partial charge on any atom is 0.313 e. The Kier molecular flexibility index (Phi) is 6.44. The molecule has 0 bridgehead atoms. The lowest BCUT2D eigenvalue weighted by atomic mass is 9.90. The summed E-state index contributed by atoms with van der Waals surface area (Å²) in [6.07, 6.45) is 5.53. The number of hydrogen-bond donors (Lipinski definition) is 3. The molecule has 3 heterocycles. The number of aromatic nitrogens is 2. The Bertz CT molecular complexity index is 1090. The van der Waals surface area contributed by atoms with Gasteiger partial charge < -0.3 is 16.0 Å². The van der Waals surface area contributed by atoms with Gasteiger partial charge in [-0.1, -0.05) is 13.0 Å². The zero-order valence-electron chi connectivity index (χ0n) is 17.6. The fraction of sp³-hybridized carbons (Fsp3) is 0.400. The summed E-state index contributed by atoms with van der Waals surface area (Å²) in [4.78, 5) is 35.3. The van der Waals surface area contributed by atoms with Crippen LogP contribution in [0.1, 0.15) is 36.9 Å². The molecule has 1 fully saturated rings. The number of hydrogen-bond acceptors (Lipinski definition) is 7. The smallest absolute Gasteiger partial charge is 0.313 e. The third-order valence-corrected chi connectivity index (χ3v) is 5.69. The van der Waals surface area contributed by atoms with Crippen molar-refractivity contribution in [2.75, 3.05) is 28.6 Å². The van der Waals surface area contributed by atoms with Crippen molar-refractivity contribution in [1.29, 1.82) is 0 Å². The summed E-state index contributed by atoms with van der Waals surface area (Å²) in [7, 11) is -3.44. The van der Waals surface area contributed by atoms with E-state index in [1.54, 1.807) is 30.0 Å². The number of nitrogen functional groups attached to an aromatic ring is 1. The third kappa shape index (κ3) is 5.69. The first-order valence-electron chi connectivity index (χ1n) is 9.81. The van der Waals surface area contributed by atoms with E-state index < -0.39 is 21.8 Å². The molecule has 1 aliphatic heterocycles. The highest BCUT2D eigenvalue weighted by Crippen LogP contribution is 2.33. The molecule has 0 saturated carbocycles. The van der Waals surface area contributed by atoms with Crippen LogP contribution in [-0.2, 0) is 19.6 Å². The summed E-state index contributed by atoms with van der Waals surface area (Å²) in [6, 6.07) is 4.58. The third-order valence-electron chi connectivity index (χ3n) is 5.11. The first-order valence-corrected chi connectivity index (χ1v) is 11.7. The van der Waals surface area contributed by atoms with Crippen molar-refractivity contribution in [3.63, 3.8) is 0 Å². The zero-order chi connectivity index (χ0) is 22.8. The fourth-order valence-electron chi connectivity index (χ4n) is 3.55. The van der Waals surface area contributed by atoms with E-state index in [1.807, 2.05) is 6.92 Å². The second kappa shape index (κ2) is 8.88. The van der Waals surface area contributed by atoms with Crippen LogP contribution in [0.15, 0.2) is 30.6 Å².